The van der Waals surface area contributed by atoms with Crippen LogP contribution in [-0.4, -0.2) is 19.1 Å². The van der Waals surface area contributed by atoms with Gasteiger partial charge in [0, 0.05) is 12.6 Å². The second-order valence-electron chi connectivity index (χ2n) is 6.18. The molecule has 2 fully saturated rings. The van der Waals surface area contributed by atoms with E-state index in [0.29, 0.717) is 6.04 Å². The molecule has 0 bridgehead atoms. The lowest BCUT2D eigenvalue weighted by molar-refractivity contribution is 0.345. The molecule has 0 aromatic heterocycles. The fraction of sp³-hybridized carbons (Fsp3) is 1.00. The molecule has 0 aliphatic heterocycles. The largest absolute Gasteiger partial charge is 0.329 e. The maximum absolute atomic E-state index is 5.86. The first-order valence-corrected chi connectivity index (χ1v) is 7.78. The SMILES string of the molecule is CCCCCC(CN)NCC(C1CC1)C1CC1. The normalized spacial score (nSPS) is 22.1. The number of rotatable bonds is 10. The molecular weight excluding hydrogens is 208 g/mol. The molecule has 2 aliphatic carbocycles. The van der Waals surface area contributed by atoms with Crippen molar-refractivity contribution in [3.05, 3.63) is 0 Å². The number of nitrogens with two attached hydrogens (primary N) is 1. The monoisotopic (exact) mass is 238 g/mol. The van der Waals surface area contributed by atoms with E-state index in [4.69, 9.17) is 5.73 Å². The van der Waals surface area contributed by atoms with Gasteiger partial charge in [0.2, 0.25) is 0 Å². The van der Waals surface area contributed by atoms with Gasteiger partial charge in [0.1, 0.15) is 0 Å². The van der Waals surface area contributed by atoms with Crippen molar-refractivity contribution < 1.29 is 0 Å². The van der Waals surface area contributed by atoms with E-state index in [2.05, 4.69) is 12.2 Å². The van der Waals surface area contributed by atoms with Gasteiger partial charge in [-0.05, 0) is 56.4 Å². The number of unbranched alkanes of at least 4 members (excludes halogenated alkanes) is 2. The van der Waals surface area contributed by atoms with Crippen LogP contribution >= 0.6 is 0 Å². The molecule has 2 saturated carbocycles. The Morgan fingerprint density at radius 2 is 1.76 bits per heavy atom. The van der Waals surface area contributed by atoms with E-state index in [0.717, 1.165) is 24.3 Å². The van der Waals surface area contributed by atoms with Crippen LogP contribution in [0.25, 0.3) is 0 Å². The van der Waals surface area contributed by atoms with Crippen LogP contribution in [0.3, 0.4) is 0 Å². The van der Waals surface area contributed by atoms with E-state index in [1.54, 1.807) is 0 Å². The predicted octanol–water partition coefficient (Wildman–Crippen LogP) is 2.92. The van der Waals surface area contributed by atoms with Crippen molar-refractivity contribution in [3.63, 3.8) is 0 Å². The third-order valence-corrected chi connectivity index (χ3v) is 4.54. The van der Waals surface area contributed by atoms with Crippen molar-refractivity contribution in [2.24, 2.45) is 23.5 Å². The Morgan fingerprint density at radius 1 is 1.12 bits per heavy atom. The summed E-state index contributed by atoms with van der Waals surface area (Å²) >= 11 is 0. The van der Waals surface area contributed by atoms with Gasteiger partial charge in [0.05, 0.1) is 0 Å². The third kappa shape index (κ3) is 4.59. The molecule has 1 unspecified atom stereocenters. The summed E-state index contributed by atoms with van der Waals surface area (Å²) in [6, 6.07) is 0.571. The van der Waals surface area contributed by atoms with Gasteiger partial charge in [0.15, 0.2) is 0 Å². The quantitative estimate of drug-likeness (QED) is 0.574. The minimum absolute atomic E-state index is 0.571. The highest BCUT2D eigenvalue weighted by molar-refractivity contribution is 4.92. The van der Waals surface area contributed by atoms with E-state index in [-0.39, 0.29) is 0 Å². The molecule has 0 heterocycles. The summed E-state index contributed by atoms with van der Waals surface area (Å²) in [5.41, 5.74) is 5.86. The summed E-state index contributed by atoms with van der Waals surface area (Å²) in [6.07, 6.45) is 11.2. The summed E-state index contributed by atoms with van der Waals surface area (Å²) in [7, 11) is 0. The lowest BCUT2D eigenvalue weighted by atomic mass is 9.97. The Balaban J connectivity index is 1.63. The molecule has 0 amide bonds. The Morgan fingerprint density at radius 3 is 2.24 bits per heavy atom. The first kappa shape index (κ1) is 13.4. The van der Waals surface area contributed by atoms with E-state index in [9.17, 15) is 0 Å². The fourth-order valence-electron chi connectivity index (χ4n) is 3.01. The summed E-state index contributed by atoms with van der Waals surface area (Å²) in [5.74, 6) is 3.10. The van der Waals surface area contributed by atoms with Crippen molar-refractivity contribution in [1.29, 1.82) is 0 Å². The summed E-state index contributed by atoms with van der Waals surface area (Å²) in [6.45, 7) is 4.32. The molecule has 0 saturated heterocycles. The van der Waals surface area contributed by atoms with Gasteiger partial charge in [-0.25, -0.2) is 0 Å². The standard InChI is InChI=1S/C15H30N2/c1-2-3-4-5-14(10-16)17-11-15(12-6-7-12)13-8-9-13/h12-15,17H,2-11,16H2,1H3. The van der Waals surface area contributed by atoms with Crippen molar-refractivity contribution >= 4 is 0 Å². The van der Waals surface area contributed by atoms with E-state index >= 15 is 0 Å². The first-order valence-electron chi connectivity index (χ1n) is 7.78. The molecule has 0 radical (unpaired) electrons. The molecule has 0 aromatic carbocycles. The minimum Gasteiger partial charge on any atom is -0.329 e. The average Bonchev–Trinajstić information content (AvgIpc) is 3.19. The van der Waals surface area contributed by atoms with Crippen molar-refractivity contribution in [2.45, 2.75) is 64.3 Å². The van der Waals surface area contributed by atoms with Crippen LogP contribution in [0.15, 0.2) is 0 Å². The third-order valence-electron chi connectivity index (χ3n) is 4.54. The van der Waals surface area contributed by atoms with Gasteiger partial charge in [0.25, 0.3) is 0 Å². The molecule has 0 spiro atoms. The molecule has 2 aliphatic rings. The maximum atomic E-state index is 5.86. The predicted molar refractivity (Wildman–Crippen MR) is 73.9 cm³/mol. The maximum Gasteiger partial charge on any atom is 0.0190 e. The van der Waals surface area contributed by atoms with Crippen LogP contribution in [-0.2, 0) is 0 Å². The zero-order chi connectivity index (χ0) is 12.1. The molecule has 0 aromatic rings. The zero-order valence-corrected chi connectivity index (χ0v) is 11.5. The Bertz CT molecular complexity index is 197. The van der Waals surface area contributed by atoms with Gasteiger partial charge in [-0.2, -0.15) is 0 Å². The molecule has 2 rings (SSSR count). The number of hydrogen-bond donors (Lipinski definition) is 2. The summed E-state index contributed by atoms with van der Waals surface area (Å²) in [4.78, 5) is 0. The summed E-state index contributed by atoms with van der Waals surface area (Å²) in [5, 5.41) is 3.75. The fourth-order valence-corrected chi connectivity index (χ4v) is 3.01. The molecule has 100 valence electrons. The van der Waals surface area contributed by atoms with E-state index in [1.165, 1.54) is 57.9 Å². The lowest BCUT2D eigenvalue weighted by Gasteiger charge is -2.22. The molecule has 2 nitrogen and oxygen atoms in total. The van der Waals surface area contributed by atoms with Crippen molar-refractivity contribution in [2.75, 3.05) is 13.1 Å². The van der Waals surface area contributed by atoms with Gasteiger partial charge in [-0.1, -0.05) is 26.2 Å². The molecular formula is C15H30N2. The first-order chi connectivity index (χ1) is 8.35. The number of nitrogens with one attached hydrogen (secondary N) is 1. The van der Waals surface area contributed by atoms with Crippen LogP contribution in [0.5, 0.6) is 0 Å². The Labute approximate surface area is 107 Å². The van der Waals surface area contributed by atoms with Gasteiger partial charge in [-0.3, -0.25) is 0 Å². The zero-order valence-electron chi connectivity index (χ0n) is 11.5. The smallest absolute Gasteiger partial charge is 0.0190 e. The van der Waals surface area contributed by atoms with Crippen LogP contribution in [0.4, 0.5) is 0 Å². The van der Waals surface area contributed by atoms with Crippen LogP contribution < -0.4 is 11.1 Å². The Hall–Kier alpha value is -0.0800. The highest BCUT2D eigenvalue weighted by Gasteiger charge is 2.41. The Kier molecular flexibility index (Phi) is 5.30. The van der Waals surface area contributed by atoms with E-state index in [1.807, 2.05) is 0 Å². The second kappa shape index (κ2) is 6.75. The highest BCUT2D eigenvalue weighted by atomic mass is 14.9. The van der Waals surface area contributed by atoms with Crippen molar-refractivity contribution in [1.82, 2.24) is 5.32 Å². The van der Waals surface area contributed by atoms with Gasteiger partial charge < -0.3 is 11.1 Å². The van der Waals surface area contributed by atoms with Crippen LogP contribution in [0, 0.1) is 17.8 Å². The molecule has 1 atom stereocenters. The summed E-state index contributed by atoms with van der Waals surface area (Å²) < 4.78 is 0. The molecule has 2 heteroatoms. The minimum atomic E-state index is 0.571. The van der Waals surface area contributed by atoms with Crippen molar-refractivity contribution in [3.8, 4) is 0 Å². The number of hydrogen-bond acceptors (Lipinski definition) is 2. The molecule has 3 N–H and O–H groups in total. The van der Waals surface area contributed by atoms with Crippen LogP contribution in [0.2, 0.25) is 0 Å². The van der Waals surface area contributed by atoms with E-state index < -0.39 is 0 Å². The lowest BCUT2D eigenvalue weighted by Crippen LogP contribution is -2.39. The second-order valence-corrected chi connectivity index (χ2v) is 6.18. The highest BCUT2D eigenvalue weighted by Crippen LogP contribution is 2.48. The van der Waals surface area contributed by atoms with Gasteiger partial charge >= 0.3 is 0 Å². The topological polar surface area (TPSA) is 38.0 Å². The van der Waals surface area contributed by atoms with Crippen LogP contribution in [0.1, 0.15) is 58.3 Å². The average molecular weight is 238 g/mol. The molecule has 17 heavy (non-hydrogen) atoms. The van der Waals surface area contributed by atoms with Gasteiger partial charge in [-0.15, -0.1) is 0 Å².